The molecule has 0 bridgehead atoms. The Morgan fingerprint density at radius 1 is 1.46 bits per heavy atom. The average Bonchev–Trinajstić information content (AvgIpc) is 2.61. The van der Waals surface area contributed by atoms with E-state index in [-0.39, 0.29) is 28.5 Å². The van der Waals surface area contributed by atoms with Gasteiger partial charge >= 0.3 is 6.09 Å². The van der Waals surface area contributed by atoms with Crippen molar-refractivity contribution in [2.45, 2.75) is 64.5 Å². The van der Waals surface area contributed by atoms with Gasteiger partial charge in [-0.05, 0) is 52.0 Å². The first kappa shape index (κ1) is 22.2. The van der Waals surface area contributed by atoms with Crippen LogP contribution in [0.1, 0.15) is 58.4 Å². The summed E-state index contributed by atoms with van der Waals surface area (Å²) in [4.78, 5) is 17.8. The number of nitrogens with one attached hydrogen (secondary N) is 1. The number of carbonyl (C=O) groups excluding carboxylic acids is 1. The average molecular weight is 411 g/mol. The molecule has 2 rings (SSSR count). The number of aromatic nitrogens is 1. The van der Waals surface area contributed by atoms with E-state index in [0.717, 1.165) is 38.2 Å². The minimum atomic E-state index is -0.556. The second-order valence-electron chi connectivity index (χ2n) is 8.18. The zero-order chi connectivity index (χ0) is 20.9. The molecule has 0 aromatic carbocycles. The van der Waals surface area contributed by atoms with E-state index in [4.69, 9.17) is 21.6 Å². The number of carbonyl (C=O) groups is 1. The van der Waals surface area contributed by atoms with Gasteiger partial charge in [-0.1, -0.05) is 24.4 Å². The molecule has 0 aliphatic heterocycles. The van der Waals surface area contributed by atoms with Gasteiger partial charge in [0.25, 0.3) is 0 Å². The van der Waals surface area contributed by atoms with E-state index in [1.807, 2.05) is 31.7 Å². The van der Waals surface area contributed by atoms with E-state index in [1.54, 1.807) is 7.05 Å². The smallest absolute Gasteiger partial charge is 0.407 e. The summed E-state index contributed by atoms with van der Waals surface area (Å²) in [7, 11) is 1.80. The number of alkyl carbamates (subject to hydrolysis) is 1. The topological polar surface area (TPSA) is 78.3 Å². The predicted octanol–water partition coefficient (Wildman–Crippen LogP) is 4.66. The lowest BCUT2D eigenvalue weighted by atomic mass is 9.81. The Balaban J connectivity index is 2.03. The summed E-state index contributed by atoms with van der Waals surface area (Å²) >= 11 is 6.00. The number of anilines is 1. The van der Waals surface area contributed by atoms with Crippen molar-refractivity contribution in [1.29, 1.82) is 5.26 Å². The third kappa shape index (κ3) is 5.96. The number of ether oxygens (including phenoxy) is 1. The molecular weight excluding hydrogens is 383 g/mol. The summed E-state index contributed by atoms with van der Waals surface area (Å²) in [5.74, 6) is -0.120. The van der Waals surface area contributed by atoms with Crippen LogP contribution in [0.25, 0.3) is 0 Å². The van der Waals surface area contributed by atoms with Gasteiger partial charge in [-0.2, -0.15) is 5.26 Å². The van der Waals surface area contributed by atoms with Crippen molar-refractivity contribution in [3.63, 3.8) is 0 Å². The summed E-state index contributed by atoms with van der Waals surface area (Å²) in [6.45, 7) is 5.96. The van der Waals surface area contributed by atoms with Crippen molar-refractivity contribution >= 4 is 23.5 Å². The van der Waals surface area contributed by atoms with Crippen molar-refractivity contribution in [2.24, 2.45) is 5.92 Å². The highest BCUT2D eigenvalue weighted by Gasteiger charge is 2.30. The van der Waals surface area contributed by atoms with Crippen LogP contribution in [0.2, 0.25) is 5.15 Å². The highest BCUT2D eigenvalue weighted by Crippen LogP contribution is 2.33. The van der Waals surface area contributed by atoms with Gasteiger partial charge in [0.2, 0.25) is 0 Å². The molecule has 1 amide bonds. The number of halogens is 2. The van der Waals surface area contributed by atoms with Gasteiger partial charge in [0.1, 0.15) is 16.8 Å². The van der Waals surface area contributed by atoms with Gasteiger partial charge in [-0.25, -0.2) is 14.2 Å². The fourth-order valence-corrected chi connectivity index (χ4v) is 3.83. The first-order valence-electron chi connectivity index (χ1n) is 9.58. The number of pyridine rings is 1. The first-order chi connectivity index (χ1) is 13.1. The lowest BCUT2D eigenvalue weighted by Gasteiger charge is -2.39. The molecule has 1 heterocycles. The van der Waals surface area contributed by atoms with E-state index in [0.29, 0.717) is 6.54 Å². The molecule has 0 spiro atoms. The van der Waals surface area contributed by atoms with Crippen LogP contribution < -0.4 is 10.2 Å². The molecule has 8 heteroatoms. The monoisotopic (exact) mass is 410 g/mol. The van der Waals surface area contributed by atoms with Gasteiger partial charge in [-0.3, -0.25) is 0 Å². The Kier molecular flexibility index (Phi) is 7.48. The molecule has 2 atom stereocenters. The van der Waals surface area contributed by atoms with Crippen LogP contribution in [0.5, 0.6) is 0 Å². The lowest BCUT2D eigenvalue weighted by Crippen LogP contribution is -2.42. The Morgan fingerprint density at radius 3 is 2.79 bits per heavy atom. The number of hydrogen-bond donors (Lipinski definition) is 1. The molecule has 0 saturated heterocycles. The number of nitrogens with zero attached hydrogens (tertiary/aromatic N) is 3. The summed E-state index contributed by atoms with van der Waals surface area (Å²) in [5.41, 5.74) is -0.506. The molecule has 1 fully saturated rings. The van der Waals surface area contributed by atoms with Crippen LogP contribution in [0.15, 0.2) is 6.07 Å². The van der Waals surface area contributed by atoms with Crippen LogP contribution in [0, 0.1) is 23.1 Å². The van der Waals surface area contributed by atoms with E-state index in [9.17, 15) is 9.18 Å². The van der Waals surface area contributed by atoms with E-state index < -0.39 is 17.5 Å². The van der Waals surface area contributed by atoms with Crippen LogP contribution in [-0.4, -0.2) is 36.3 Å². The standard InChI is InChI=1S/C20H28ClFN4O2/c1-20(2,3)28-19(27)24-10-9-13-7-5-6-8-16(13)26(4)18-15(22)11-14(12-23)17(21)25-18/h11,13,16H,5-10H2,1-4H3,(H,24,27). The molecule has 1 aliphatic rings. The zero-order valence-electron chi connectivity index (χ0n) is 16.9. The van der Waals surface area contributed by atoms with E-state index in [2.05, 4.69) is 10.3 Å². The molecule has 1 aliphatic carbocycles. The zero-order valence-corrected chi connectivity index (χ0v) is 17.6. The Hall–Kier alpha value is -2.07. The van der Waals surface area contributed by atoms with E-state index >= 15 is 0 Å². The molecule has 0 radical (unpaired) electrons. The fourth-order valence-electron chi connectivity index (χ4n) is 3.65. The largest absolute Gasteiger partial charge is 0.444 e. The van der Waals surface area contributed by atoms with Crippen LogP contribution in [-0.2, 0) is 4.74 Å². The Morgan fingerprint density at radius 2 is 2.14 bits per heavy atom. The van der Waals surface area contributed by atoms with Gasteiger partial charge in [0, 0.05) is 19.6 Å². The van der Waals surface area contributed by atoms with Crippen LogP contribution in [0.3, 0.4) is 0 Å². The third-order valence-corrected chi connectivity index (χ3v) is 5.20. The second-order valence-corrected chi connectivity index (χ2v) is 8.54. The minimum Gasteiger partial charge on any atom is -0.444 e. The molecule has 1 N–H and O–H groups in total. The maximum atomic E-state index is 14.5. The van der Waals surface area contributed by atoms with Gasteiger partial charge in [0.05, 0.1) is 5.56 Å². The quantitative estimate of drug-likeness (QED) is 0.714. The van der Waals surface area contributed by atoms with Gasteiger partial charge in [-0.15, -0.1) is 0 Å². The first-order valence-corrected chi connectivity index (χ1v) is 9.96. The molecule has 28 heavy (non-hydrogen) atoms. The minimum absolute atomic E-state index is 0.00435. The summed E-state index contributed by atoms with van der Waals surface area (Å²) < 4.78 is 19.7. The Bertz CT molecular complexity index is 745. The van der Waals surface area contributed by atoms with Crippen LogP contribution in [0.4, 0.5) is 15.0 Å². The van der Waals surface area contributed by atoms with Crippen LogP contribution >= 0.6 is 11.6 Å². The highest BCUT2D eigenvalue weighted by molar-refractivity contribution is 6.30. The van der Waals surface area contributed by atoms with Crippen molar-refractivity contribution in [2.75, 3.05) is 18.5 Å². The SMILES string of the molecule is CN(c1nc(Cl)c(C#N)cc1F)C1CCCCC1CCNC(=O)OC(C)(C)C. The predicted molar refractivity (Wildman–Crippen MR) is 107 cm³/mol. The summed E-state index contributed by atoms with van der Waals surface area (Å²) in [5, 5.41) is 11.8. The van der Waals surface area contributed by atoms with Gasteiger partial charge in [0.15, 0.2) is 11.6 Å². The normalized spacial score (nSPS) is 19.6. The number of nitriles is 1. The fraction of sp³-hybridized carbons (Fsp3) is 0.650. The lowest BCUT2D eigenvalue weighted by molar-refractivity contribution is 0.0523. The number of amides is 1. The van der Waals surface area contributed by atoms with Crippen molar-refractivity contribution in [3.8, 4) is 6.07 Å². The van der Waals surface area contributed by atoms with E-state index in [1.165, 1.54) is 0 Å². The maximum Gasteiger partial charge on any atom is 0.407 e. The second kappa shape index (κ2) is 9.42. The maximum absolute atomic E-state index is 14.5. The van der Waals surface area contributed by atoms with Crippen molar-refractivity contribution in [1.82, 2.24) is 10.3 Å². The molecule has 1 aromatic heterocycles. The highest BCUT2D eigenvalue weighted by atomic mass is 35.5. The Labute approximate surface area is 171 Å². The number of hydrogen-bond acceptors (Lipinski definition) is 5. The molecule has 2 unspecified atom stereocenters. The van der Waals surface area contributed by atoms with Crippen molar-refractivity contribution in [3.05, 3.63) is 22.6 Å². The third-order valence-electron chi connectivity index (χ3n) is 4.92. The number of rotatable bonds is 5. The summed E-state index contributed by atoms with van der Waals surface area (Å²) in [6.07, 6.45) is 4.39. The molecule has 154 valence electrons. The molecule has 6 nitrogen and oxygen atoms in total. The van der Waals surface area contributed by atoms with Crippen molar-refractivity contribution < 1.29 is 13.9 Å². The molecule has 1 saturated carbocycles. The van der Waals surface area contributed by atoms with Gasteiger partial charge < -0.3 is 15.0 Å². The molecule has 1 aromatic rings. The molecular formula is C20H28ClFN4O2. The summed E-state index contributed by atoms with van der Waals surface area (Å²) in [6, 6.07) is 3.05.